The van der Waals surface area contributed by atoms with Crippen LogP contribution in [0.1, 0.15) is 40.5 Å². The number of esters is 1. The second kappa shape index (κ2) is 8.50. The largest absolute Gasteiger partial charge is 0.466 e. The highest BCUT2D eigenvalue weighted by Gasteiger charge is 2.27. The molecule has 2 atom stereocenters. The van der Waals surface area contributed by atoms with Gasteiger partial charge in [0.1, 0.15) is 6.04 Å². The first-order valence-corrected chi connectivity index (χ1v) is 6.52. The topological polar surface area (TPSA) is 98.5 Å². The summed E-state index contributed by atoms with van der Waals surface area (Å²) in [7, 11) is 0. The molecule has 0 rings (SSSR count). The normalized spacial score (nSPS) is 13.7. The van der Waals surface area contributed by atoms with Crippen LogP contribution in [-0.4, -0.2) is 30.4 Å². The van der Waals surface area contributed by atoms with Crippen LogP contribution in [0.25, 0.3) is 0 Å². The molecule has 6 nitrogen and oxygen atoms in total. The van der Waals surface area contributed by atoms with Crippen LogP contribution in [0.3, 0.4) is 0 Å². The molecule has 3 N–H and O–H groups in total. The van der Waals surface area contributed by atoms with Crippen LogP contribution in [0.5, 0.6) is 0 Å². The molecule has 110 valence electrons. The number of amides is 2. The van der Waals surface area contributed by atoms with E-state index in [-0.39, 0.29) is 24.9 Å². The van der Waals surface area contributed by atoms with Gasteiger partial charge in [0.05, 0.1) is 13.0 Å². The molecule has 0 aliphatic carbocycles. The van der Waals surface area contributed by atoms with E-state index in [1.807, 2.05) is 13.8 Å². The van der Waals surface area contributed by atoms with Gasteiger partial charge in [-0.15, -0.1) is 0 Å². The van der Waals surface area contributed by atoms with E-state index < -0.39 is 23.8 Å². The smallest absolute Gasteiger partial charge is 0.306 e. The van der Waals surface area contributed by atoms with Crippen molar-refractivity contribution in [1.29, 1.82) is 0 Å². The van der Waals surface area contributed by atoms with Crippen LogP contribution in [0.15, 0.2) is 0 Å². The van der Waals surface area contributed by atoms with Gasteiger partial charge in [-0.25, -0.2) is 0 Å². The van der Waals surface area contributed by atoms with Gasteiger partial charge in [-0.05, 0) is 18.8 Å². The lowest BCUT2D eigenvalue weighted by molar-refractivity contribution is -0.144. The first kappa shape index (κ1) is 17.4. The minimum atomic E-state index is -0.851. The minimum absolute atomic E-state index is 0.0450. The predicted molar refractivity (Wildman–Crippen MR) is 71.0 cm³/mol. The molecule has 0 spiro atoms. The maximum atomic E-state index is 11.6. The summed E-state index contributed by atoms with van der Waals surface area (Å²) in [4.78, 5) is 34.4. The molecular formula is C13H24N2O4. The van der Waals surface area contributed by atoms with E-state index in [1.54, 1.807) is 13.8 Å². The minimum Gasteiger partial charge on any atom is -0.466 e. The van der Waals surface area contributed by atoms with Crippen molar-refractivity contribution in [3.05, 3.63) is 0 Å². The molecule has 0 aromatic heterocycles. The Morgan fingerprint density at radius 2 is 1.74 bits per heavy atom. The fourth-order valence-corrected chi connectivity index (χ4v) is 1.70. The van der Waals surface area contributed by atoms with Gasteiger partial charge in [0, 0.05) is 6.42 Å². The Morgan fingerprint density at radius 1 is 1.16 bits per heavy atom. The molecule has 0 bridgehead atoms. The van der Waals surface area contributed by atoms with Gasteiger partial charge in [-0.1, -0.05) is 20.8 Å². The van der Waals surface area contributed by atoms with E-state index in [0.29, 0.717) is 6.42 Å². The van der Waals surface area contributed by atoms with Crippen molar-refractivity contribution in [3.63, 3.8) is 0 Å². The molecule has 0 aliphatic heterocycles. The number of nitrogens with two attached hydrogens (primary N) is 1. The SMILES string of the molecule is CCOC(=O)C[C@H](C)[C@@H](NC(=O)CC(C)C)C(N)=O. The number of hydrogen-bond acceptors (Lipinski definition) is 4. The standard InChI is InChI=1S/C13H24N2O4/c1-5-19-11(17)7-9(4)12(13(14)18)15-10(16)6-8(2)3/h8-9,12H,5-7H2,1-4H3,(H2,14,18)(H,15,16)/t9-,12+/m0/s1. The Labute approximate surface area is 114 Å². The monoisotopic (exact) mass is 272 g/mol. The first-order chi connectivity index (χ1) is 8.77. The number of hydrogen-bond donors (Lipinski definition) is 2. The third-order valence-corrected chi connectivity index (χ3v) is 2.58. The fraction of sp³-hybridized carbons (Fsp3) is 0.769. The second-order valence-corrected chi connectivity index (χ2v) is 5.03. The second-order valence-electron chi connectivity index (χ2n) is 5.03. The summed E-state index contributed by atoms with van der Waals surface area (Å²) in [5.41, 5.74) is 5.26. The number of ether oxygens (including phenoxy) is 1. The Bertz CT molecular complexity index is 329. The van der Waals surface area contributed by atoms with Crippen LogP contribution in [0.4, 0.5) is 0 Å². The maximum absolute atomic E-state index is 11.6. The third kappa shape index (κ3) is 7.43. The van der Waals surface area contributed by atoms with E-state index in [2.05, 4.69) is 5.32 Å². The number of primary amides is 1. The van der Waals surface area contributed by atoms with Crippen molar-refractivity contribution in [1.82, 2.24) is 5.32 Å². The Balaban J connectivity index is 4.51. The Kier molecular flexibility index (Phi) is 7.79. The van der Waals surface area contributed by atoms with E-state index in [4.69, 9.17) is 10.5 Å². The highest BCUT2D eigenvalue weighted by molar-refractivity contribution is 5.87. The summed E-state index contributed by atoms with van der Waals surface area (Å²) >= 11 is 0. The maximum Gasteiger partial charge on any atom is 0.306 e. The van der Waals surface area contributed by atoms with Crippen molar-refractivity contribution in [2.75, 3.05) is 6.61 Å². The Morgan fingerprint density at radius 3 is 2.16 bits per heavy atom. The predicted octanol–water partition coefficient (Wildman–Crippen LogP) is 0.592. The lowest BCUT2D eigenvalue weighted by Crippen LogP contribution is -2.49. The van der Waals surface area contributed by atoms with Gasteiger partial charge in [-0.2, -0.15) is 0 Å². The van der Waals surface area contributed by atoms with Crippen LogP contribution in [0.2, 0.25) is 0 Å². The molecule has 6 heteroatoms. The lowest BCUT2D eigenvalue weighted by atomic mass is 9.97. The van der Waals surface area contributed by atoms with E-state index >= 15 is 0 Å². The van der Waals surface area contributed by atoms with Crippen molar-refractivity contribution >= 4 is 17.8 Å². The molecule has 0 saturated heterocycles. The van der Waals surface area contributed by atoms with Crippen LogP contribution in [0, 0.1) is 11.8 Å². The molecule has 0 aromatic rings. The number of carbonyl (C=O) groups excluding carboxylic acids is 3. The zero-order valence-corrected chi connectivity index (χ0v) is 12.1. The summed E-state index contributed by atoms with van der Waals surface area (Å²) in [6, 6.07) is -0.851. The molecule has 0 radical (unpaired) electrons. The first-order valence-electron chi connectivity index (χ1n) is 6.52. The molecule has 0 fully saturated rings. The molecule has 0 saturated carbocycles. The van der Waals surface area contributed by atoms with Crippen LogP contribution >= 0.6 is 0 Å². The van der Waals surface area contributed by atoms with Crippen molar-refractivity contribution in [2.24, 2.45) is 17.6 Å². The average Bonchev–Trinajstić information content (AvgIpc) is 2.24. The van der Waals surface area contributed by atoms with Gasteiger partial charge in [0.2, 0.25) is 11.8 Å². The number of nitrogens with one attached hydrogen (secondary N) is 1. The molecule has 0 heterocycles. The Hall–Kier alpha value is -1.59. The van der Waals surface area contributed by atoms with Gasteiger partial charge >= 0.3 is 5.97 Å². The molecular weight excluding hydrogens is 248 g/mol. The fourth-order valence-electron chi connectivity index (χ4n) is 1.70. The zero-order valence-electron chi connectivity index (χ0n) is 12.1. The summed E-state index contributed by atoms with van der Waals surface area (Å²) in [6.45, 7) is 7.48. The van der Waals surface area contributed by atoms with Gasteiger partial charge in [0.15, 0.2) is 0 Å². The summed E-state index contributed by atoms with van der Waals surface area (Å²) in [5.74, 6) is -1.50. The van der Waals surface area contributed by atoms with E-state index in [1.165, 1.54) is 0 Å². The molecule has 2 amide bonds. The molecule has 0 aromatic carbocycles. The third-order valence-electron chi connectivity index (χ3n) is 2.58. The van der Waals surface area contributed by atoms with Crippen molar-refractivity contribution in [3.8, 4) is 0 Å². The average molecular weight is 272 g/mol. The highest BCUT2D eigenvalue weighted by atomic mass is 16.5. The van der Waals surface area contributed by atoms with Gasteiger partial charge in [0.25, 0.3) is 0 Å². The summed E-state index contributed by atoms with van der Waals surface area (Å²) < 4.78 is 4.81. The van der Waals surface area contributed by atoms with Gasteiger partial charge < -0.3 is 15.8 Å². The van der Waals surface area contributed by atoms with Gasteiger partial charge in [-0.3, -0.25) is 14.4 Å². The quantitative estimate of drug-likeness (QED) is 0.632. The van der Waals surface area contributed by atoms with Crippen LogP contribution < -0.4 is 11.1 Å². The zero-order chi connectivity index (χ0) is 15.0. The summed E-state index contributed by atoms with van der Waals surface area (Å²) in [5, 5.41) is 2.57. The lowest BCUT2D eigenvalue weighted by Gasteiger charge is -2.22. The van der Waals surface area contributed by atoms with E-state index in [0.717, 1.165) is 0 Å². The van der Waals surface area contributed by atoms with Crippen molar-refractivity contribution < 1.29 is 19.1 Å². The number of rotatable bonds is 8. The number of carbonyl (C=O) groups is 3. The molecule has 0 unspecified atom stereocenters. The summed E-state index contributed by atoms with van der Waals surface area (Å²) in [6.07, 6.45) is 0.360. The highest BCUT2D eigenvalue weighted by Crippen LogP contribution is 2.10. The molecule has 0 aliphatic rings. The van der Waals surface area contributed by atoms with E-state index in [9.17, 15) is 14.4 Å². The van der Waals surface area contributed by atoms with Crippen LogP contribution in [-0.2, 0) is 19.1 Å². The van der Waals surface area contributed by atoms with Crippen molar-refractivity contribution in [2.45, 2.75) is 46.6 Å². The molecule has 19 heavy (non-hydrogen) atoms.